The highest BCUT2D eigenvalue weighted by atomic mass is 19.1. The molecule has 2 aromatic carbocycles. The molecule has 118 valence electrons. The summed E-state index contributed by atoms with van der Waals surface area (Å²) in [5, 5.41) is 5.22. The molecule has 0 bridgehead atoms. The molecule has 4 nitrogen and oxygen atoms in total. The SMILES string of the molecule is CC(=O)NC(=Cc1ccccc1)C(=O)NCc1ccc(F)cc1. The third-order valence-corrected chi connectivity index (χ3v) is 3.03. The first-order chi connectivity index (χ1) is 11.0. The van der Waals surface area contributed by atoms with Gasteiger partial charge in [-0.1, -0.05) is 42.5 Å². The van der Waals surface area contributed by atoms with Crippen LogP contribution in [0.4, 0.5) is 4.39 Å². The minimum atomic E-state index is -0.409. The molecule has 0 unspecified atom stereocenters. The van der Waals surface area contributed by atoms with E-state index in [1.807, 2.05) is 30.3 Å². The van der Waals surface area contributed by atoms with E-state index in [4.69, 9.17) is 0 Å². The average Bonchev–Trinajstić information content (AvgIpc) is 2.54. The molecule has 2 aromatic rings. The van der Waals surface area contributed by atoms with Crippen molar-refractivity contribution in [1.29, 1.82) is 0 Å². The van der Waals surface area contributed by atoms with Crippen LogP contribution in [0.1, 0.15) is 18.1 Å². The number of hydrogen-bond acceptors (Lipinski definition) is 2. The maximum atomic E-state index is 12.9. The van der Waals surface area contributed by atoms with Gasteiger partial charge in [0.25, 0.3) is 5.91 Å². The summed E-state index contributed by atoms with van der Waals surface area (Å²) in [4.78, 5) is 23.5. The molecule has 0 saturated heterocycles. The molecule has 0 fully saturated rings. The lowest BCUT2D eigenvalue weighted by Gasteiger charge is -2.10. The van der Waals surface area contributed by atoms with Crippen LogP contribution >= 0.6 is 0 Å². The highest BCUT2D eigenvalue weighted by Gasteiger charge is 2.11. The topological polar surface area (TPSA) is 58.2 Å². The average molecular weight is 312 g/mol. The predicted octanol–water partition coefficient (Wildman–Crippen LogP) is 2.62. The third-order valence-electron chi connectivity index (χ3n) is 3.03. The fourth-order valence-corrected chi connectivity index (χ4v) is 1.94. The zero-order valence-corrected chi connectivity index (χ0v) is 12.7. The quantitative estimate of drug-likeness (QED) is 0.834. The number of carbonyl (C=O) groups is 2. The number of rotatable bonds is 5. The van der Waals surface area contributed by atoms with Crippen LogP contribution in [0.15, 0.2) is 60.3 Å². The summed E-state index contributed by atoms with van der Waals surface area (Å²) in [6.45, 7) is 1.58. The summed E-state index contributed by atoms with van der Waals surface area (Å²) in [7, 11) is 0. The minimum absolute atomic E-state index is 0.158. The highest BCUT2D eigenvalue weighted by molar-refractivity contribution is 6.00. The molecule has 0 aliphatic heterocycles. The molecule has 0 atom stereocenters. The number of nitrogens with one attached hydrogen (secondary N) is 2. The zero-order valence-electron chi connectivity index (χ0n) is 12.7. The van der Waals surface area contributed by atoms with Crippen LogP contribution in [0.2, 0.25) is 0 Å². The van der Waals surface area contributed by atoms with E-state index in [9.17, 15) is 14.0 Å². The van der Waals surface area contributed by atoms with Crippen molar-refractivity contribution < 1.29 is 14.0 Å². The van der Waals surface area contributed by atoms with Crippen molar-refractivity contribution in [3.8, 4) is 0 Å². The van der Waals surface area contributed by atoms with Crippen molar-refractivity contribution in [2.24, 2.45) is 0 Å². The van der Waals surface area contributed by atoms with E-state index in [2.05, 4.69) is 10.6 Å². The van der Waals surface area contributed by atoms with Gasteiger partial charge in [-0.2, -0.15) is 0 Å². The van der Waals surface area contributed by atoms with Crippen LogP contribution in [0.5, 0.6) is 0 Å². The summed E-state index contributed by atoms with van der Waals surface area (Å²) in [5.74, 6) is -1.07. The van der Waals surface area contributed by atoms with Crippen molar-refractivity contribution in [2.45, 2.75) is 13.5 Å². The van der Waals surface area contributed by atoms with E-state index in [1.165, 1.54) is 19.1 Å². The molecule has 0 aliphatic carbocycles. The number of carbonyl (C=O) groups excluding carboxylic acids is 2. The number of hydrogen-bond donors (Lipinski definition) is 2. The molecule has 0 saturated carbocycles. The van der Waals surface area contributed by atoms with Crippen LogP contribution < -0.4 is 10.6 Å². The van der Waals surface area contributed by atoms with Crippen LogP contribution in [-0.2, 0) is 16.1 Å². The number of halogens is 1. The van der Waals surface area contributed by atoms with Gasteiger partial charge in [-0.15, -0.1) is 0 Å². The second-order valence-electron chi connectivity index (χ2n) is 4.96. The van der Waals surface area contributed by atoms with Crippen molar-refractivity contribution in [2.75, 3.05) is 0 Å². The normalized spacial score (nSPS) is 11.0. The van der Waals surface area contributed by atoms with Crippen molar-refractivity contribution in [3.63, 3.8) is 0 Å². The monoisotopic (exact) mass is 312 g/mol. The van der Waals surface area contributed by atoms with Crippen molar-refractivity contribution in [1.82, 2.24) is 10.6 Å². The Hall–Kier alpha value is -2.95. The van der Waals surface area contributed by atoms with Crippen LogP contribution in [0.25, 0.3) is 6.08 Å². The van der Waals surface area contributed by atoms with E-state index in [-0.39, 0.29) is 24.0 Å². The van der Waals surface area contributed by atoms with Gasteiger partial charge in [0.1, 0.15) is 11.5 Å². The molecule has 0 spiro atoms. The van der Waals surface area contributed by atoms with E-state index in [0.717, 1.165) is 11.1 Å². The molecule has 0 aromatic heterocycles. The Labute approximate surface area is 134 Å². The second-order valence-corrected chi connectivity index (χ2v) is 4.96. The molecule has 5 heteroatoms. The van der Waals surface area contributed by atoms with Gasteiger partial charge in [-0.05, 0) is 29.3 Å². The van der Waals surface area contributed by atoms with Gasteiger partial charge in [0, 0.05) is 13.5 Å². The predicted molar refractivity (Wildman–Crippen MR) is 86.5 cm³/mol. The first-order valence-corrected chi connectivity index (χ1v) is 7.11. The minimum Gasteiger partial charge on any atom is -0.347 e. The smallest absolute Gasteiger partial charge is 0.268 e. The summed E-state index contributed by atoms with van der Waals surface area (Å²) in [6.07, 6.45) is 1.60. The van der Waals surface area contributed by atoms with E-state index in [1.54, 1.807) is 18.2 Å². The van der Waals surface area contributed by atoms with Gasteiger partial charge >= 0.3 is 0 Å². The second kappa shape index (κ2) is 7.89. The first kappa shape index (κ1) is 16.4. The highest BCUT2D eigenvalue weighted by Crippen LogP contribution is 2.06. The summed E-state index contributed by atoms with van der Waals surface area (Å²) >= 11 is 0. The Kier molecular flexibility index (Phi) is 5.63. The maximum absolute atomic E-state index is 12.9. The Morgan fingerprint density at radius 1 is 1.04 bits per heavy atom. The Morgan fingerprint density at radius 2 is 1.70 bits per heavy atom. The molecule has 0 aliphatic rings. The number of amides is 2. The van der Waals surface area contributed by atoms with Gasteiger partial charge in [0.2, 0.25) is 5.91 Å². The lowest BCUT2D eigenvalue weighted by Crippen LogP contribution is -2.33. The van der Waals surface area contributed by atoms with Crippen LogP contribution in [0, 0.1) is 5.82 Å². The van der Waals surface area contributed by atoms with E-state index in [0.29, 0.717) is 0 Å². The zero-order chi connectivity index (χ0) is 16.7. The lowest BCUT2D eigenvalue weighted by molar-refractivity contribution is -0.122. The number of benzene rings is 2. The van der Waals surface area contributed by atoms with Gasteiger partial charge in [0.15, 0.2) is 0 Å². The van der Waals surface area contributed by atoms with Gasteiger partial charge in [0.05, 0.1) is 0 Å². The Morgan fingerprint density at radius 3 is 2.30 bits per heavy atom. The molecule has 23 heavy (non-hydrogen) atoms. The third kappa shape index (κ3) is 5.39. The maximum Gasteiger partial charge on any atom is 0.268 e. The summed E-state index contributed by atoms with van der Waals surface area (Å²) < 4.78 is 12.9. The fraction of sp³-hybridized carbons (Fsp3) is 0.111. The molecule has 0 heterocycles. The van der Waals surface area contributed by atoms with Crippen molar-refractivity contribution in [3.05, 3.63) is 77.2 Å². The van der Waals surface area contributed by atoms with Gasteiger partial charge in [-0.3, -0.25) is 9.59 Å². The van der Waals surface area contributed by atoms with E-state index >= 15 is 0 Å². The summed E-state index contributed by atoms with van der Waals surface area (Å²) in [5.41, 5.74) is 1.72. The Bertz CT molecular complexity index is 710. The van der Waals surface area contributed by atoms with Gasteiger partial charge < -0.3 is 10.6 Å². The molecule has 0 radical (unpaired) electrons. The lowest BCUT2D eigenvalue weighted by atomic mass is 10.2. The fourth-order valence-electron chi connectivity index (χ4n) is 1.94. The van der Waals surface area contributed by atoms with Crippen LogP contribution in [-0.4, -0.2) is 11.8 Å². The first-order valence-electron chi connectivity index (χ1n) is 7.11. The summed E-state index contributed by atoms with van der Waals surface area (Å²) in [6, 6.07) is 15.0. The molecule has 2 N–H and O–H groups in total. The van der Waals surface area contributed by atoms with Gasteiger partial charge in [-0.25, -0.2) is 4.39 Å². The Balaban J connectivity index is 2.09. The van der Waals surface area contributed by atoms with Crippen LogP contribution in [0.3, 0.4) is 0 Å². The molecular weight excluding hydrogens is 295 g/mol. The standard InChI is InChI=1S/C18H17FN2O2/c1-13(22)21-17(11-14-5-3-2-4-6-14)18(23)20-12-15-7-9-16(19)10-8-15/h2-11H,12H2,1H3,(H,20,23)(H,21,22). The van der Waals surface area contributed by atoms with E-state index < -0.39 is 5.91 Å². The molecular formula is C18H17FN2O2. The molecule has 2 amide bonds. The molecule has 2 rings (SSSR count). The largest absolute Gasteiger partial charge is 0.347 e. The van der Waals surface area contributed by atoms with Crippen molar-refractivity contribution >= 4 is 17.9 Å².